The Bertz CT molecular complexity index is 895. The van der Waals surface area contributed by atoms with Crippen molar-refractivity contribution >= 4 is 18.4 Å². The van der Waals surface area contributed by atoms with E-state index >= 15 is 0 Å². The quantitative estimate of drug-likeness (QED) is 0.575. The number of nitrogens with zero attached hydrogens (tertiary/aromatic N) is 3. The van der Waals surface area contributed by atoms with Crippen molar-refractivity contribution in [2.24, 2.45) is 5.10 Å². The molecular formula is C16H14N4OS. The van der Waals surface area contributed by atoms with E-state index in [1.165, 1.54) is 4.68 Å². The van der Waals surface area contributed by atoms with Crippen molar-refractivity contribution in [3.63, 3.8) is 0 Å². The highest BCUT2D eigenvalue weighted by Gasteiger charge is 2.08. The lowest BCUT2D eigenvalue weighted by molar-refractivity contribution is 0.474. The van der Waals surface area contributed by atoms with Gasteiger partial charge in [-0.3, -0.25) is 0 Å². The third-order valence-corrected chi connectivity index (χ3v) is 3.44. The summed E-state index contributed by atoms with van der Waals surface area (Å²) in [4.78, 5) is 0. The molecule has 0 bridgehead atoms. The third kappa shape index (κ3) is 2.82. The molecule has 0 spiro atoms. The van der Waals surface area contributed by atoms with E-state index in [2.05, 4.69) is 15.3 Å². The van der Waals surface area contributed by atoms with Gasteiger partial charge in [-0.15, -0.1) is 0 Å². The topological polar surface area (TPSA) is 66.2 Å². The van der Waals surface area contributed by atoms with Crippen molar-refractivity contribution in [3.8, 4) is 17.1 Å². The van der Waals surface area contributed by atoms with Gasteiger partial charge >= 0.3 is 0 Å². The molecule has 0 fully saturated rings. The third-order valence-electron chi connectivity index (χ3n) is 3.18. The molecule has 0 aliphatic carbocycles. The first-order chi connectivity index (χ1) is 10.6. The van der Waals surface area contributed by atoms with E-state index in [-0.39, 0.29) is 5.75 Å². The number of aromatic hydroxyl groups is 1. The minimum atomic E-state index is 0.165. The van der Waals surface area contributed by atoms with Crippen LogP contribution in [0.25, 0.3) is 11.4 Å². The molecule has 0 aliphatic heterocycles. The minimum absolute atomic E-state index is 0.165. The fraction of sp³-hybridized carbons (Fsp3) is 0.0625. The summed E-state index contributed by atoms with van der Waals surface area (Å²) >= 11 is 5.22. The lowest BCUT2D eigenvalue weighted by Crippen LogP contribution is -1.95. The maximum absolute atomic E-state index is 9.78. The summed E-state index contributed by atoms with van der Waals surface area (Å²) in [5, 5.41) is 21.1. The van der Waals surface area contributed by atoms with Gasteiger partial charge in [-0.25, -0.2) is 5.10 Å². The number of phenolic OH excluding ortho intramolecular Hbond substituents is 1. The first kappa shape index (κ1) is 14.2. The van der Waals surface area contributed by atoms with Gasteiger partial charge in [-0.05, 0) is 37.3 Å². The van der Waals surface area contributed by atoms with Gasteiger partial charge in [0.15, 0.2) is 5.82 Å². The number of benzene rings is 2. The van der Waals surface area contributed by atoms with Crippen molar-refractivity contribution in [2.75, 3.05) is 0 Å². The minimum Gasteiger partial charge on any atom is -0.507 e. The first-order valence-corrected chi connectivity index (χ1v) is 7.13. The van der Waals surface area contributed by atoms with E-state index in [9.17, 15) is 5.11 Å². The molecule has 1 heterocycles. The Balaban J connectivity index is 2.04. The number of nitrogens with one attached hydrogen (secondary N) is 1. The molecule has 2 N–H and O–H groups in total. The largest absolute Gasteiger partial charge is 0.507 e. The Hall–Kier alpha value is -2.73. The number of H-pyrrole nitrogens is 1. The van der Waals surface area contributed by atoms with E-state index in [0.29, 0.717) is 16.2 Å². The predicted molar refractivity (Wildman–Crippen MR) is 88.7 cm³/mol. The SMILES string of the molecule is Cc1cccc(-c2n[nH]c(=S)n2/N=C/c2ccccc2O)c1. The van der Waals surface area contributed by atoms with Crippen LogP contribution in [0.2, 0.25) is 0 Å². The summed E-state index contributed by atoms with van der Waals surface area (Å²) in [6.45, 7) is 2.01. The summed E-state index contributed by atoms with van der Waals surface area (Å²) in [6, 6.07) is 14.9. The van der Waals surface area contributed by atoms with Crippen LogP contribution in [-0.4, -0.2) is 26.2 Å². The molecule has 2 aromatic carbocycles. The summed E-state index contributed by atoms with van der Waals surface area (Å²) in [5.41, 5.74) is 2.66. The van der Waals surface area contributed by atoms with Crippen molar-refractivity contribution in [1.29, 1.82) is 0 Å². The number of rotatable bonds is 3. The molecule has 3 rings (SSSR count). The molecule has 0 aliphatic rings. The molecule has 1 aromatic heterocycles. The number of aromatic nitrogens is 3. The van der Waals surface area contributed by atoms with Crippen LogP contribution < -0.4 is 0 Å². The number of hydrogen-bond acceptors (Lipinski definition) is 4. The van der Waals surface area contributed by atoms with Crippen LogP contribution in [-0.2, 0) is 0 Å². The second-order valence-electron chi connectivity index (χ2n) is 4.84. The first-order valence-electron chi connectivity index (χ1n) is 6.72. The van der Waals surface area contributed by atoms with Gasteiger partial charge in [0.05, 0.1) is 6.21 Å². The number of aromatic amines is 1. The van der Waals surface area contributed by atoms with E-state index in [0.717, 1.165) is 11.1 Å². The van der Waals surface area contributed by atoms with Crippen LogP contribution in [0.15, 0.2) is 53.6 Å². The van der Waals surface area contributed by atoms with Crippen LogP contribution in [0.5, 0.6) is 5.75 Å². The Kier molecular flexibility index (Phi) is 3.84. The van der Waals surface area contributed by atoms with Crippen LogP contribution in [0.4, 0.5) is 0 Å². The summed E-state index contributed by atoms with van der Waals surface area (Å²) in [5.74, 6) is 0.790. The highest BCUT2D eigenvalue weighted by atomic mass is 32.1. The second kappa shape index (κ2) is 5.95. The fourth-order valence-electron chi connectivity index (χ4n) is 2.09. The van der Waals surface area contributed by atoms with Gasteiger partial charge < -0.3 is 5.11 Å². The molecule has 0 radical (unpaired) electrons. The Morgan fingerprint density at radius 3 is 2.82 bits per heavy atom. The zero-order valence-corrected chi connectivity index (χ0v) is 12.7. The monoisotopic (exact) mass is 310 g/mol. The number of phenols is 1. The molecule has 110 valence electrons. The van der Waals surface area contributed by atoms with Gasteiger partial charge in [0.1, 0.15) is 5.75 Å². The van der Waals surface area contributed by atoms with E-state index in [1.54, 1.807) is 24.4 Å². The average Bonchev–Trinajstić information content (AvgIpc) is 2.87. The lowest BCUT2D eigenvalue weighted by Gasteiger charge is -2.02. The van der Waals surface area contributed by atoms with Gasteiger partial charge in [0, 0.05) is 11.1 Å². The van der Waals surface area contributed by atoms with Gasteiger partial charge in [0.2, 0.25) is 4.77 Å². The fourth-order valence-corrected chi connectivity index (χ4v) is 2.27. The van der Waals surface area contributed by atoms with Crippen LogP contribution in [0.1, 0.15) is 11.1 Å². The molecular weight excluding hydrogens is 296 g/mol. The maximum Gasteiger partial charge on any atom is 0.216 e. The van der Waals surface area contributed by atoms with Crippen molar-refractivity contribution < 1.29 is 5.11 Å². The van der Waals surface area contributed by atoms with E-state index < -0.39 is 0 Å². The molecule has 0 saturated heterocycles. The molecule has 6 heteroatoms. The van der Waals surface area contributed by atoms with Gasteiger partial charge in [-0.1, -0.05) is 35.9 Å². The molecule has 5 nitrogen and oxygen atoms in total. The summed E-state index contributed by atoms with van der Waals surface area (Å²) < 4.78 is 1.93. The number of hydrogen-bond donors (Lipinski definition) is 2. The molecule has 0 amide bonds. The van der Waals surface area contributed by atoms with Crippen molar-refractivity contribution in [1.82, 2.24) is 14.9 Å². The molecule has 0 atom stereocenters. The average molecular weight is 310 g/mol. The Labute approximate surface area is 132 Å². The standard InChI is InChI=1S/C16H14N4OS/c1-11-5-4-7-12(9-11)15-18-19-16(22)20(15)17-10-13-6-2-3-8-14(13)21/h2-10,21H,1H3,(H,19,22)/b17-10+. The zero-order valence-electron chi connectivity index (χ0n) is 11.9. The lowest BCUT2D eigenvalue weighted by atomic mass is 10.1. The van der Waals surface area contributed by atoms with Crippen molar-refractivity contribution in [3.05, 3.63) is 64.4 Å². The van der Waals surface area contributed by atoms with Crippen molar-refractivity contribution in [2.45, 2.75) is 6.92 Å². The molecule has 0 saturated carbocycles. The Morgan fingerprint density at radius 1 is 1.23 bits per heavy atom. The van der Waals surface area contributed by atoms with E-state index in [4.69, 9.17) is 12.2 Å². The van der Waals surface area contributed by atoms with Crippen LogP contribution >= 0.6 is 12.2 Å². The zero-order chi connectivity index (χ0) is 15.5. The van der Waals surface area contributed by atoms with E-state index in [1.807, 2.05) is 37.3 Å². The highest BCUT2D eigenvalue weighted by molar-refractivity contribution is 7.71. The van der Waals surface area contributed by atoms with Crippen LogP contribution in [0, 0.1) is 11.7 Å². The van der Waals surface area contributed by atoms with Gasteiger partial charge in [0.25, 0.3) is 0 Å². The molecule has 22 heavy (non-hydrogen) atoms. The summed E-state index contributed by atoms with van der Waals surface area (Å²) in [6.07, 6.45) is 1.56. The highest BCUT2D eigenvalue weighted by Crippen LogP contribution is 2.19. The summed E-state index contributed by atoms with van der Waals surface area (Å²) in [7, 11) is 0. The molecule has 3 aromatic rings. The number of aryl methyl sites for hydroxylation is 1. The molecule has 0 unspecified atom stereocenters. The second-order valence-corrected chi connectivity index (χ2v) is 5.22. The Morgan fingerprint density at radius 2 is 2.05 bits per heavy atom. The normalized spacial score (nSPS) is 11.1. The van der Waals surface area contributed by atoms with Gasteiger partial charge in [-0.2, -0.15) is 14.9 Å². The predicted octanol–water partition coefficient (Wildman–Crippen LogP) is 3.50. The smallest absolute Gasteiger partial charge is 0.216 e. The number of para-hydroxylation sites is 1. The maximum atomic E-state index is 9.78. The van der Waals surface area contributed by atoms with Crippen LogP contribution in [0.3, 0.4) is 0 Å².